The molecule has 0 radical (unpaired) electrons. The third kappa shape index (κ3) is 3.98. The summed E-state index contributed by atoms with van der Waals surface area (Å²) in [6, 6.07) is 55.4. The third-order valence-corrected chi connectivity index (χ3v) is 10.0. The molecule has 0 aliphatic carbocycles. The number of furan rings is 1. The van der Waals surface area contributed by atoms with Crippen LogP contribution in [-0.2, 0) is 0 Å². The second-order valence-corrected chi connectivity index (χ2v) is 12.9. The zero-order valence-electron chi connectivity index (χ0n) is 26.7. The second-order valence-electron chi connectivity index (χ2n) is 12.9. The molecule has 0 atom stereocenters. The lowest BCUT2D eigenvalue weighted by Crippen LogP contribution is -1.97. The van der Waals surface area contributed by atoms with Gasteiger partial charge in [-0.1, -0.05) is 121 Å². The van der Waals surface area contributed by atoms with Gasteiger partial charge in [0.25, 0.3) is 5.78 Å². The van der Waals surface area contributed by atoms with Gasteiger partial charge in [0.1, 0.15) is 11.2 Å². The average Bonchev–Trinajstić information content (AvgIpc) is 3.79. The summed E-state index contributed by atoms with van der Waals surface area (Å²) in [5, 5.41) is 15.8. The van der Waals surface area contributed by atoms with Crippen LogP contribution in [0.5, 0.6) is 0 Å². The number of hydrogen-bond acceptors (Lipinski definition) is 4. The molecule has 0 saturated carbocycles. The van der Waals surface area contributed by atoms with Crippen molar-refractivity contribution in [2.45, 2.75) is 0 Å². The Morgan fingerprint density at radius 1 is 0.380 bits per heavy atom. The van der Waals surface area contributed by atoms with E-state index in [1.165, 1.54) is 32.3 Å². The van der Waals surface area contributed by atoms with Gasteiger partial charge in [-0.05, 0) is 79.8 Å². The van der Waals surface area contributed by atoms with Gasteiger partial charge in [0.15, 0.2) is 5.82 Å². The van der Waals surface area contributed by atoms with E-state index in [2.05, 4.69) is 127 Å². The smallest absolute Gasteiger partial charge is 0.253 e. The first-order valence-corrected chi connectivity index (χ1v) is 16.8. The molecule has 3 aromatic heterocycles. The van der Waals surface area contributed by atoms with Crippen LogP contribution in [0.4, 0.5) is 0 Å². The number of benzene rings is 8. The Morgan fingerprint density at radius 2 is 0.960 bits per heavy atom. The summed E-state index contributed by atoms with van der Waals surface area (Å²) in [6.45, 7) is 0. The predicted molar refractivity (Wildman–Crippen MR) is 204 cm³/mol. The molecule has 11 aromatic rings. The van der Waals surface area contributed by atoms with Gasteiger partial charge in [-0.3, -0.25) is 0 Å². The highest BCUT2D eigenvalue weighted by Gasteiger charge is 2.17. The molecule has 8 aromatic carbocycles. The highest BCUT2D eigenvalue weighted by molar-refractivity contribution is 6.25. The molecule has 11 rings (SSSR count). The van der Waals surface area contributed by atoms with Crippen LogP contribution in [0.15, 0.2) is 162 Å². The Morgan fingerprint density at radius 3 is 1.76 bits per heavy atom. The Balaban J connectivity index is 1.05. The Labute approximate surface area is 285 Å². The van der Waals surface area contributed by atoms with Crippen molar-refractivity contribution in [2.75, 3.05) is 0 Å². The first-order valence-electron chi connectivity index (χ1n) is 16.8. The summed E-state index contributed by atoms with van der Waals surface area (Å²) < 4.78 is 8.08. The maximum Gasteiger partial charge on any atom is 0.253 e. The van der Waals surface area contributed by atoms with Gasteiger partial charge >= 0.3 is 0 Å². The molecule has 0 saturated heterocycles. The molecule has 50 heavy (non-hydrogen) atoms. The highest BCUT2D eigenvalue weighted by Crippen LogP contribution is 2.38. The van der Waals surface area contributed by atoms with Gasteiger partial charge < -0.3 is 4.42 Å². The fourth-order valence-electron chi connectivity index (χ4n) is 7.70. The van der Waals surface area contributed by atoms with E-state index < -0.39 is 0 Å². The maximum absolute atomic E-state index is 6.23. The Hall–Kier alpha value is -6.85. The molecule has 232 valence electrons. The molecule has 0 bridgehead atoms. The molecule has 0 amide bonds. The summed E-state index contributed by atoms with van der Waals surface area (Å²) >= 11 is 0. The van der Waals surface area contributed by atoms with Crippen LogP contribution in [0.2, 0.25) is 0 Å². The minimum atomic E-state index is 0.549. The minimum Gasteiger partial charge on any atom is -0.456 e. The molecule has 0 aliphatic rings. The maximum atomic E-state index is 6.23. The van der Waals surface area contributed by atoms with Crippen LogP contribution >= 0.6 is 0 Å². The summed E-state index contributed by atoms with van der Waals surface area (Å²) in [5.41, 5.74) is 7.67. The van der Waals surface area contributed by atoms with Crippen molar-refractivity contribution in [3.63, 3.8) is 0 Å². The van der Waals surface area contributed by atoms with E-state index in [0.717, 1.165) is 60.8 Å². The molecular weight excluding hydrogens is 613 g/mol. The highest BCUT2D eigenvalue weighted by atomic mass is 16.3. The lowest BCUT2D eigenvalue weighted by molar-refractivity contribution is 0.669. The van der Waals surface area contributed by atoms with Crippen molar-refractivity contribution in [3.8, 4) is 33.8 Å². The molecule has 0 aliphatic heterocycles. The van der Waals surface area contributed by atoms with Crippen LogP contribution < -0.4 is 0 Å². The molecule has 0 unspecified atom stereocenters. The van der Waals surface area contributed by atoms with Crippen LogP contribution in [0.3, 0.4) is 0 Å². The normalized spacial score (nSPS) is 12.0. The van der Waals surface area contributed by atoms with E-state index in [9.17, 15) is 0 Å². The quantitative estimate of drug-likeness (QED) is 0.181. The van der Waals surface area contributed by atoms with Gasteiger partial charge in [0.2, 0.25) is 0 Å². The zero-order chi connectivity index (χ0) is 32.8. The number of nitrogens with zero attached hydrogens (tertiary/aromatic N) is 4. The van der Waals surface area contributed by atoms with Crippen LogP contribution in [0.25, 0.3) is 105 Å². The average molecular weight is 639 g/mol. The van der Waals surface area contributed by atoms with E-state index >= 15 is 0 Å². The number of rotatable bonds is 3. The summed E-state index contributed by atoms with van der Waals surface area (Å²) in [4.78, 5) is 10.1. The molecule has 5 heteroatoms. The first kappa shape index (κ1) is 27.1. The number of hydrogen-bond donors (Lipinski definition) is 0. The van der Waals surface area contributed by atoms with Crippen LogP contribution in [-0.4, -0.2) is 19.6 Å². The van der Waals surface area contributed by atoms with Crippen molar-refractivity contribution in [1.82, 2.24) is 19.6 Å². The van der Waals surface area contributed by atoms with Crippen molar-refractivity contribution in [2.24, 2.45) is 0 Å². The fraction of sp³-hybridized carbons (Fsp3) is 0. The molecule has 0 N–H and O–H groups in total. The molecular formula is C45H26N4O. The zero-order valence-corrected chi connectivity index (χ0v) is 26.7. The number of fused-ring (bicyclic) bond motifs is 12. The molecule has 3 heterocycles. The van der Waals surface area contributed by atoms with Crippen LogP contribution in [0, 0.1) is 0 Å². The van der Waals surface area contributed by atoms with E-state index in [-0.39, 0.29) is 0 Å². The van der Waals surface area contributed by atoms with Crippen molar-refractivity contribution in [3.05, 3.63) is 158 Å². The van der Waals surface area contributed by atoms with E-state index in [1.54, 1.807) is 0 Å². The Bertz CT molecular complexity index is 3140. The molecule has 0 fully saturated rings. The molecule has 0 spiro atoms. The second kappa shape index (κ2) is 10.3. The van der Waals surface area contributed by atoms with Crippen molar-refractivity contribution in [1.29, 1.82) is 0 Å². The summed E-state index contributed by atoms with van der Waals surface area (Å²) in [5.74, 6) is 1.18. The topological polar surface area (TPSA) is 56.2 Å². The SMILES string of the molecule is c1cc(-c2ccc3c4ccccc4c4ccccc4c3c2)cc(-c2nc3nc(-c4ccc5c(c4)oc4ccccc45)c4ccccc4n3n2)c1. The van der Waals surface area contributed by atoms with Crippen molar-refractivity contribution >= 4 is 70.9 Å². The van der Waals surface area contributed by atoms with Gasteiger partial charge in [0, 0.05) is 27.3 Å². The lowest BCUT2D eigenvalue weighted by atomic mass is 9.92. The van der Waals surface area contributed by atoms with Crippen molar-refractivity contribution < 1.29 is 4.42 Å². The third-order valence-electron chi connectivity index (χ3n) is 10.0. The van der Waals surface area contributed by atoms with Gasteiger partial charge in [-0.2, -0.15) is 9.50 Å². The Kier molecular flexibility index (Phi) is 5.60. The molecule has 5 nitrogen and oxygen atoms in total. The van der Waals surface area contributed by atoms with Gasteiger partial charge in [-0.25, -0.2) is 4.98 Å². The van der Waals surface area contributed by atoms with Crippen LogP contribution in [0.1, 0.15) is 0 Å². The number of aromatic nitrogens is 4. The van der Waals surface area contributed by atoms with E-state index in [1.807, 2.05) is 34.8 Å². The fourth-order valence-corrected chi connectivity index (χ4v) is 7.70. The standard InChI is InChI=1S/C45H26N4O/c1-2-14-33-31(12-1)32-13-3-4-15-34(32)39-25-28(20-22-35(33)39)27-10-9-11-30(24-27)44-47-45-46-43(38-17-5-7-18-40(38)49(45)48-44)29-21-23-37-36-16-6-8-19-41(36)50-42(37)26-29/h1-26H. The van der Waals surface area contributed by atoms with E-state index in [4.69, 9.17) is 19.5 Å². The lowest BCUT2D eigenvalue weighted by Gasteiger charge is -2.12. The monoisotopic (exact) mass is 638 g/mol. The summed E-state index contributed by atoms with van der Waals surface area (Å²) in [6.07, 6.45) is 0. The number of para-hydroxylation sites is 2. The summed E-state index contributed by atoms with van der Waals surface area (Å²) in [7, 11) is 0. The van der Waals surface area contributed by atoms with Gasteiger partial charge in [-0.15, -0.1) is 5.10 Å². The minimum absolute atomic E-state index is 0.549. The predicted octanol–water partition coefficient (Wildman–Crippen LogP) is 11.6. The largest absolute Gasteiger partial charge is 0.456 e. The van der Waals surface area contributed by atoms with E-state index in [0.29, 0.717) is 11.6 Å². The first-order chi connectivity index (χ1) is 24.8. The van der Waals surface area contributed by atoms with Gasteiger partial charge in [0.05, 0.1) is 11.2 Å².